The highest BCUT2D eigenvalue weighted by molar-refractivity contribution is 7.99. The Morgan fingerprint density at radius 3 is 2.92 bits per heavy atom. The van der Waals surface area contributed by atoms with Gasteiger partial charge in [-0.2, -0.15) is 0 Å². The van der Waals surface area contributed by atoms with E-state index < -0.39 is 0 Å². The second kappa shape index (κ2) is 7.31. The van der Waals surface area contributed by atoms with Crippen molar-refractivity contribution >= 4 is 41.0 Å². The molecule has 1 fully saturated rings. The van der Waals surface area contributed by atoms with E-state index in [2.05, 4.69) is 10.6 Å². The number of anilines is 1. The lowest BCUT2D eigenvalue weighted by Crippen LogP contribution is -2.30. The molecule has 134 valence electrons. The van der Waals surface area contributed by atoms with Crippen molar-refractivity contribution in [2.75, 3.05) is 25.0 Å². The summed E-state index contributed by atoms with van der Waals surface area (Å²) in [6.07, 6.45) is 0.985. The zero-order valence-electron chi connectivity index (χ0n) is 14.0. The number of fused-ring (bicyclic) bond motifs is 2. The second-order valence-corrected chi connectivity index (χ2v) is 8.06. The van der Waals surface area contributed by atoms with Gasteiger partial charge in [0.1, 0.15) is 0 Å². The molecule has 4 rings (SSSR count). The summed E-state index contributed by atoms with van der Waals surface area (Å²) in [7, 11) is 0. The molecule has 7 heteroatoms. The van der Waals surface area contributed by atoms with E-state index in [9.17, 15) is 9.59 Å². The number of benzene rings is 2. The van der Waals surface area contributed by atoms with Crippen LogP contribution in [0.25, 0.3) is 0 Å². The number of carbonyl (C=O) groups excluding carboxylic acids is 2. The number of hydrogen-bond acceptors (Lipinski definition) is 4. The van der Waals surface area contributed by atoms with Gasteiger partial charge >= 0.3 is 0 Å². The van der Waals surface area contributed by atoms with Crippen LogP contribution in [-0.4, -0.2) is 35.9 Å². The van der Waals surface area contributed by atoms with Crippen molar-refractivity contribution in [2.24, 2.45) is 5.92 Å². The first kappa shape index (κ1) is 17.4. The molecule has 2 amide bonds. The van der Waals surface area contributed by atoms with Crippen molar-refractivity contribution in [3.8, 4) is 0 Å². The van der Waals surface area contributed by atoms with E-state index in [-0.39, 0.29) is 11.8 Å². The minimum absolute atomic E-state index is 0.137. The lowest BCUT2D eigenvalue weighted by molar-refractivity contribution is 0.0946. The number of hydrogen-bond donors (Lipinski definition) is 2. The summed E-state index contributed by atoms with van der Waals surface area (Å²) < 4.78 is 1.75. The first-order chi connectivity index (χ1) is 12.6. The number of amides is 2. The number of nitrogens with zero attached hydrogens (tertiary/aromatic N) is 1. The van der Waals surface area contributed by atoms with Crippen molar-refractivity contribution in [1.29, 1.82) is 0 Å². The quantitative estimate of drug-likeness (QED) is 0.790. The lowest BCUT2D eigenvalue weighted by Gasteiger charge is -2.12. The van der Waals surface area contributed by atoms with Crippen molar-refractivity contribution in [2.45, 2.75) is 16.2 Å². The van der Waals surface area contributed by atoms with Crippen LogP contribution >= 0.6 is 23.5 Å². The van der Waals surface area contributed by atoms with Gasteiger partial charge in [-0.1, -0.05) is 23.9 Å². The zero-order chi connectivity index (χ0) is 18.1. The van der Waals surface area contributed by atoms with Crippen LogP contribution in [0.2, 0.25) is 0 Å². The Hall–Kier alpha value is -2.02. The van der Waals surface area contributed by atoms with E-state index in [1.807, 2.05) is 24.3 Å². The zero-order valence-corrected chi connectivity index (χ0v) is 15.6. The van der Waals surface area contributed by atoms with Gasteiger partial charge in [-0.15, -0.1) is 0 Å². The Morgan fingerprint density at radius 2 is 2.12 bits per heavy atom. The van der Waals surface area contributed by atoms with Crippen LogP contribution in [0, 0.1) is 5.92 Å². The first-order valence-corrected chi connectivity index (χ1v) is 9.67. The molecule has 2 N–H and O–H groups in total. The smallest absolute Gasteiger partial charge is 0.256 e. The third kappa shape index (κ3) is 3.58. The second-order valence-electron chi connectivity index (χ2n) is 6.50. The molecule has 0 spiro atoms. The Kier molecular flexibility index (Phi) is 4.89. The van der Waals surface area contributed by atoms with E-state index in [1.54, 1.807) is 22.6 Å². The van der Waals surface area contributed by atoms with Crippen molar-refractivity contribution in [1.82, 2.24) is 9.74 Å². The highest BCUT2D eigenvalue weighted by Crippen LogP contribution is 2.38. The van der Waals surface area contributed by atoms with Crippen molar-refractivity contribution in [3.05, 3.63) is 53.6 Å². The van der Waals surface area contributed by atoms with Crippen LogP contribution < -0.4 is 10.6 Å². The summed E-state index contributed by atoms with van der Waals surface area (Å²) in [6, 6.07) is 12.9. The predicted molar refractivity (Wildman–Crippen MR) is 103 cm³/mol. The van der Waals surface area contributed by atoms with Crippen LogP contribution in [0.1, 0.15) is 27.1 Å². The molecule has 2 aromatic carbocycles. The number of rotatable bonds is 3. The minimum Gasteiger partial charge on any atom is -0.352 e. The lowest BCUT2D eigenvalue weighted by atomic mass is 10.1. The highest BCUT2D eigenvalue weighted by atomic mass is 35.5. The van der Waals surface area contributed by atoms with Gasteiger partial charge in [0.15, 0.2) is 0 Å². The fourth-order valence-corrected chi connectivity index (χ4v) is 4.50. The largest absolute Gasteiger partial charge is 0.352 e. The van der Waals surface area contributed by atoms with Crippen molar-refractivity contribution < 1.29 is 9.59 Å². The maximum absolute atomic E-state index is 12.5. The maximum Gasteiger partial charge on any atom is 0.256 e. The predicted octanol–water partition coefficient (Wildman–Crippen LogP) is 3.61. The van der Waals surface area contributed by atoms with Gasteiger partial charge in [0, 0.05) is 35.0 Å². The van der Waals surface area contributed by atoms with E-state index in [4.69, 9.17) is 11.8 Å². The van der Waals surface area contributed by atoms with Gasteiger partial charge in [0.2, 0.25) is 0 Å². The molecule has 0 aliphatic carbocycles. The maximum atomic E-state index is 12.5. The third-order valence-electron chi connectivity index (χ3n) is 4.63. The molecule has 5 nitrogen and oxygen atoms in total. The topological polar surface area (TPSA) is 61.4 Å². The molecule has 1 atom stereocenters. The molecule has 1 saturated heterocycles. The van der Waals surface area contributed by atoms with Crippen LogP contribution in [-0.2, 0) is 0 Å². The van der Waals surface area contributed by atoms with Gasteiger partial charge in [-0.25, -0.2) is 4.42 Å². The number of nitrogens with one attached hydrogen (secondary N) is 2. The Morgan fingerprint density at radius 1 is 1.27 bits per heavy atom. The molecule has 26 heavy (non-hydrogen) atoms. The average molecular weight is 388 g/mol. The van der Waals surface area contributed by atoms with Gasteiger partial charge in [0.05, 0.1) is 11.3 Å². The minimum atomic E-state index is -0.155. The molecule has 2 heterocycles. The van der Waals surface area contributed by atoms with Gasteiger partial charge < -0.3 is 10.6 Å². The SMILES string of the molecule is O=C(NCC1CCN(Cl)C1)c1ccc2c(c1)NC(=O)c1ccccc1S2. The van der Waals surface area contributed by atoms with Gasteiger partial charge in [-0.3, -0.25) is 9.59 Å². The van der Waals surface area contributed by atoms with Crippen LogP contribution in [0.15, 0.2) is 52.3 Å². The molecule has 0 aromatic heterocycles. The molecule has 1 unspecified atom stereocenters. The summed E-state index contributed by atoms with van der Waals surface area (Å²) >= 11 is 7.49. The molecule has 2 aliphatic rings. The normalized spacial score (nSPS) is 19.3. The van der Waals surface area contributed by atoms with E-state index >= 15 is 0 Å². The van der Waals surface area contributed by atoms with Crippen LogP contribution in [0.3, 0.4) is 0 Å². The molecule has 2 aliphatic heterocycles. The number of carbonyl (C=O) groups is 2. The van der Waals surface area contributed by atoms with Crippen LogP contribution in [0.4, 0.5) is 5.69 Å². The molecule has 0 bridgehead atoms. The third-order valence-corrected chi connectivity index (χ3v) is 6.09. The fraction of sp³-hybridized carbons (Fsp3) is 0.263. The monoisotopic (exact) mass is 387 g/mol. The summed E-state index contributed by atoms with van der Waals surface area (Å²) in [5, 5.41) is 5.88. The summed E-state index contributed by atoms with van der Waals surface area (Å²) in [5.74, 6) is 0.0847. The molecule has 0 radical (unpaired) electrons. The average Bonchev–Trinajstić information content (AvgIpc) is 3.00. The Labute approximate surface area is 161 Å². The fourth-order valence-electron chi connectivity index (χ4n) is 3.20. The van der Waals surface area contributed by atoms with Crippen LogP contribution in [0.5, 0.6) is 0 Å². The summed E-state index contributed by atoms with van der Waals surface area (Å²) in [5.41, 5.74) is 1.85. The summed E-state index contributed by atoms with van der Waals surface area (Å²) in [4.78, 5) is 26.7. The van der Waals surface area contributed by atoms with Gasteiger partial charge in [0.25, 0.3) is 11.8 Å². The Bertz CT molecular complexity index is 874. The van der Waals surface area contributed by atoms with E-state index in [0.29, 0.717) is 29.3 Å². The van der Waals surface area contributed by atoms with Gasteiger partial charge in [-0.05, 0) is 54.4 Å². The highest BCUT2D eigenvalue weighted by Gasteiger charge is 2.23. The van der Waals surface area contributed by atoms with E-state index in [1.165, 1.54) is 11.8 Å². The molecular formula is C19H18ClN3O2S. The molecular weight excluding hydrogens is 370 g/mol. The summed E-state index contributed by atoms with van der Waals surface area (Å²) in [6.45, 7) is 2.24. The standard InChI is InChI=1S/C19H18ClN3O2S/c20-23-8-7-12(11-23)10-21-18(24)13-5-6-17-15(9-13)22-19(25)14-3-1-2-4-16(14)26-17/h1-6,9,12H,7-8,10-11H2,(H,21,24)(H,22,25). The van der Waals surface area contributed by atoms with E-state index in [0.717, 1.165) is 29.3 Å². The molecule has 2 aromatic rings. The first-order valence-electron chi connectivity index (χ1n) is 8.51. The Balaban J connectivity index is 1.50. The number of halogens is 1. The molecule has 0 saturated carbocycles. The van der Waals surface area contributed by atoms with Crippen molar-refractivity contribution in [3.63, 3.8) is 0 Å².